The van der Waals surface area contributed by atoms with E-state index in [1.54, 1.807) is 6.20 Å². The number of carbonyl (C=O) groups is 1. The first-order valence-corrected chi connectivity index (χ1v) is 7.47. The molecule has 0 aromatic carbocycles. The molecule has 0 fully saturated rings. The number of amides is 1. The molecule has 0 aliphatic carbocycles. The average molecular weight is 297 g/mol. The second-order valence-electron chi connectivity index (χ2n) is 5.63. The Balaban J connectivity index is 1.93. The first-order valence-electron chi connectivity index (χ1n) is 7.47. The molecule has 2 N–H and O–H groups in total. The number of hydrogen-bond acceptors (Lipinski definition) is 5. The zero-order valence-electron chi connectivity index (χ0n) is 12.8. The first kappa shape index (κ1) is 14.4. The van der Waals surface area contributed by atoms with E-state index >= 15 is 0 Å². The Labute approximate surface area is 129 Å². The van der Waals surface area contributed by atoms with Crippen LogP contribution in [0.5, 0.6) is 0 Å². The molecular weight excluding hydrogens is 278 g/mol. The highest BCUT2D eigenvalue weighted by atomic mass is 16.1. The lowest BCUT2D eigenvalue weighted by Gasteiger charge is -2.20. The molecule has 1 aliphatic heterocycles. The molecule has 0 saturated heterocycles. The number of nitrogens with zero attached hydrogens (tertiary/aromatic N) is 3. The molecule has 3 heterocycles. The fourth-order valence-corrected chi connectivity index (χ4v) is 2.40. The lowest BCUT2D eigenvalue weighted by molar-refractivity contribution is 0.0940. The second-order valence-corrected chi connectivity index (χ2v) is 5.63. The zero-order valence-corrected chi connectivity index (χ0v) is 12.8. The molecule has 0 spiro atoms. The smallest absolute Gasteiger partial charge is 0.270 e. The van der Waals surface area contributed by atoms with Crippen LogP contribution in [0.2, 0.25) is 0 Å². The summed E-state index contributed by atoms with van der Waals surface area (Å²) in [5, 5.41) is 6.17. The van der Waals surface area contributed by atoms with Crippen LogP contribution >= 0.6 is 0 Å². The lowest BCUT2D eigenvalue weighted by atomic mass is 10.1. The molecule has 2 aromatic rings. The SMILES string of the molecule is CC(C)c1nc(NCc2cccnc2)c2c(n1)C(=O)NCC2. The maximum Gasteiger partial charge on any atom is 0.270 e. The number of aromatic nitrogens is 3. The molecule has 0 atom stereocenters. The van der Waals surface area contributed by atoms with E-state index in [1.165, 1.54) is 0 Å². The first-order chi connectivity index (χ1) is 10.6. The molecule has 0 unspecified atom stereocenters. The highest BCUT2D eigenvalue weighted by Crippen LogP contribution is 2.23. The predicted molar refractivity (Wildman–Crippen MR) is 83.7 cm³/mol. The Morgan fingerprint density at radius 2 is 2.23 bits per heavy atom. The van der Waals surface area contributed by atoms with E-state index in [9.17, 15) is 4.79 Å². The van der Waals surface area contributed by atoms with Crippen molar-refractivity contribution in [3.8, 4) is 0 Å². The molecule has 6 heteroatoms. The average Bonchev–Trinajstić information content (AvgIpc) is 2.54. The van der Waals surface area contributed by atoms with Gasteiger partial charge in [0.2, 0.25) is 0 Å². The van der Waals surface area contributed by atoms with Crippen LogP contribution in [0, 0.1) is 0 Å². The summed E-state index contributed by atoms with van der Waals surface area (Å²) in [6, 6.07) is 3.91. The van der Waals surface area contributed by atoms with Crippen molar-refractivity contribution in [3.63, 3.8) is 0 Å². The minimum absolute atomic E-state index is 0.116. The van der Waals surface area contributed by atoms with Crippen LogP contribution in [0.25, 0.3) is 0 Å². The summed E-state index contributed by atoms with van der Waals surface area (Å²) in [7, 11) is 0. The van der Waals surface area contributed by atoms with Crippen LogP contribution in [-0.4, -0.2) is 27.4 Å². The van der Waals surface area contributed by atoms with Crippen molar-refractivity contribution in [2.45, 2.75) is 32.7 Å². The van der Waals surface area contributed by atoms with Crippen molar-refractivity contribution in [3.05, 3.63) is 47.2 Å². The summed E-state index contributed by atoms with van der Waals surface area (Å²) >= 11 is 0. The summed E-state index contributed by atoms with van der Waals surface area (Å²) in [6.45, 7) is 5.29. The summed E-state index contributed by atoms with van der Waals surface area (Å²) in [4.78, 5) is 25.2. The van der Waals surface area contributed by atoms with Crippen LogP contribution in [0.4, 0.5) is 5.82 Å². The summed E-state index contributed by atoms with van der Waals surface area (Å²) in [5.41, 5.74) is 2.47. The summed E-state index contributed by atoms with van der Waals surface area (Å²) < 4.78 is 0. The van der Waals surface area contributed by atoms with Crippen LogP contribution in [0.3, 0.4) is 0 Å². The monoisotopic (exact) mass is 297 g/mol. The second kappa shape index (κ2) is 6.09. The lowest BCUT2D eigenvalue weighted by Crippen LogP contribution is -2.34. The molecule has 1 aliphatic rings. The minimum Gasteiger partial charge on any atom is -0.366 e. The summed E-state index contributed by atoms with van der Waals surface area (Å²) in [6.07, 6.45) is 4.31. The van der Waals surface area contributed by atoms with Crippen molar-refractivity contribution < 1.29 is 4.79 Å². The number of pyridine rings is 1. The quantitative estimate of drug-likeness (QED) is 0.901. The third kappa shape index (κ3) is 2.90. The topological polar surface area (TPSA) is 79.8 Å². The van der Waals surface area contributed by atoms with Crippen LogP contribution in [-0.2, 0) is 13.0 Å². The Bertz CT molecular complexity index is 684. The molecule has 0 bridgehead atoms. The van der Waals surface area contributed by atoms with E-state index in [4.69, 9.17) is 0 Å². The summed E-state index contributed by atoms with van der Waals surface area (Å²) in [5.74, 6) is 1.49. The van der Waals surface area contributed by atoms with E-state index in [0.29, 0.717) is 24.6 Å². The van der Waals surface area contributed by atoms with Crippen LogP contribution in [0.15, 0.2) is 24.5 Å². The van der Waals surface area contributed by atoms with Gasteiger partial charge in [0.25, 0.3) is 5.91 Å². The number of nitrogens with one attached hydrogen (secondary N) is 2. The van der Waals surface area contributed by atoms with Gasteiger partial charge in [0, 0.05) is 37.0 Å². The van der Waals surface area contributed by atoms with E-state index in [2.05, 4.69) is 25.6 Å². The number of rotatable bonds is 4. The Hall–Kier alpha value is -2.50. The Morgan fingerprint density at radius 3 is 2.95 bits per heavy atom. The van der Waals surface area contributed by atoms with Crippen molar-refractivity contribution >= 4 is 11.7 Å². The van der Waals surface area contributed by atoms with Crippen molar-refractivity contribution in [1.29, 1.82) is 0 Å². The predicted octanol–water partition coefficient (Wildman–Crippen LogP) is 1.89. The zero-order chi connectivity index (χ0) is 15.5. The molecule has 0 radical (unpaired) electrons. The van der Waals surface area contributed by atoms with Gasteiger partial charge in [0.15, 0.2) is 0 Å². The number of hydrogen-bond donors (Lipinski definition) is 2. The Morgan fingerprint density at radius 1 is 1.36 bits per heavy atom. The molecule has 22 heavy (non-hydrogen) atoms. The largest absolute Gasteiger partial charge is 0.366 e. The van der Waals surface area contributed by atoms with Gasteiger partial charge in [-0.15, -0.1) is 0 Å². The van der Waals surface area contributed by atoms with Gasteiger partial charge in [-0.2, -0.15) is 0 Å². The molecule has 2 aromatic heterocycles. The molecule has 3 rings (SSSR count). The van der Waals surface area contributed by atoms with Gasteiger partial charge in [0.05, 0.1) is 0 Å². The normalized spacial score (nSPS) is 13.7. The Kier molecular flexibility index (Phi) is 4.00. The number of fused-ring (bicyclic) bond motifs is 1. The van der Waals surface area contributed by atoms with Gasteiger partial charge >= 0.3 is 0 Å². The fourth-order valence-electron chi connectivity index (χ4n) is 2.40. The highest BCUT2D eigenvalue weighted by Gasteiger charge is 2.24. The van der Waals surface area contributed by atoms with Gasteiger partial charge in [-0.05, 0) is 18.1 Å². The van der Waals surface area contributed by atoms with Gasteiger partial charge in [-0.1, -0.05) is 19.9 Å². The van der Waals surface area contributed by atoms with Crippen molar-refractivity contribution in [2.75, 3.05) is 11.9 Å². The van der Waals surface area contributed by atoms with Gasteiger partial charge < -0.3 is 10.6 Å². The van der Waals surface area contributed by atoms with Crippen LogP contribution in [0.1, 0.15) is 47.2 Å². The van der Waals surface area contributed by atoms with Crippen molar-refractivity contribution in [1.82, 2.24) is 20.3 Å². The molecule has 0 saturated carbocycles. The fraction of sp³-hybridized carbons (Fsp3) is 0.375. The van der Waals surface area contributed by atoms with E-state index < -0.39 is 0 Å². The molecule has 6 nitrogen and oxygen atoms in total. The third-order valence-corrected chi connectivity index (χ3v) is 3.60. The standard InChI is InChI=1S/C16H19N5O/c1-10(2)14-20-13-12(5-7-18-16(13)22)15(21-14)19-9-11-4-3-6-17-8-11/h3-4,6,8,10H,5,7,9H2,1-2H3,(H,18,22)(H,19,20,21). The van der Waals surface area contributed by atoms with E-state index in [0.717, 1.165) is 23.4 Å². The van der Waals surface area contributed by atoms with Crippen molar-refractivity contribution in [2.24, 2.45) is 0 Å². The molecular formula is C16H19N5O. The number of anilines is 1. The van der Waals surface area contributed by atoms with Gasteiger partial charge in [-0.3, -0.25) is 9.78 Å². The van der Waals surface area contributed by atoms with Gasteiger partial charge in [0.1, 0.15) is 17.3 Å². The van der Waals surface area contributed by atoms with Crippen LogP contribution < -0.4 is 10.6 Å². The van der Waals surface area contributed by atoms with E-state index in [1.807, 2.05) is 32.2 Å². The molecule has 114 valence electrons. The number of carbonyl (C=O) groups excluding carboxylic acids is 1. The van der Waals surface area contributed by atoms with E-state index in [-0.39, 0.29) is 11.8 Å². The van der Waals surface area contributed by atoms with Gasteiger partial charge in [-0.25, -0.2) is 9.97 Å². The highest BCUT2D eigenvalue weighted by molar-refractivity contribution is 5.96. The minimum atomic E-state index is -0.116. The maximum atomic E-state index is 12.0. The third-order valence-electron chi connectivity index (χ3n) is 3.60. The molecule has 1 amide bonds. The maximum absolute atomic E-state index is 12.0.